The number of hydrogen-bond donors (Lipinski definition) is 0. The molecule has 4 heteroatoms. The molecule has 0 bridgehead atoms. The summed E-state index contributed by atoms with van der Waals surface area (Å²) in [7, 11) is 0. The Balaban J connectivity index is 1.38. The van der Waals surface area contributed by atoms with Crippen LogP contribution in [0.15, 0.2) is 48.5 Å². The largest absolute Gasteiger partial charge is 0.338 e. The summed E-state index contributed by atoms with van der Waals surface area (Å²) in [5, 5.41) is 0. The fraction of sp³-hybridized carbons (Fsp3) is 0.455. The molecule has 0 saturated carbocycles. The molecular weight excluding hydrogens is 322 g/mol. The topological polar surface area (TPSA) is 36.4 Å². The summed E-state index contributed by atoms with van der Waals surface area (Å²) >= 11 is 0. The average Bonchev–Trinajstić information content (AvgIpc) is 3.32. The zero-order valence-electron chi connectivity index (χ0n) is 15.5. The van der Waals surface area contributed by atoms with E-state index < -0.39 is 0 Å². The van der Waals surface area contributed by atoms with Crippen molar-refractivity contribution in [3.8, 4) is 0 Å². The van der Waals surface area contributed by atoms with E-state index in [0.29, 0.717) is 12.0 Å². The molecule has 2 saturated heterocycles. The second-order valence-corrected chi connectivity index (χ2v) is 7.63. The normalized spacial score (nSPS) is 23.5. The van der Waals surface area contributed by atoms with Crippen LogP contribution in [0.5, 0.6) is 0 Å². The minimum Gasteiger partial charge on any atom is -0.338 e. The van der Waals surface area contributed by atoms with E-state index in [1.807, 2.05) is 35.2 Å². The Bertz CT molecular complexity index is 761. The molecule has 3 heterocycles. The monoisotopic (exact) mass is 349 g/mol. The van der Waals surface area contributed by atoms with E-state index in [-0.39, 0.29) is 5.91 Å². The van der Waals surface area contributed by atoms with Gasteiger partial charge in [-0.3, -0.25) is 14.7 Å². The summed E-state index contributed by atoms with van der Waals surface area (Å²) in [5.74, 6) is 0.736. The quantitative estimate of drug-likeness (QED) is 0.845. The third-order valence-corrected chi connectivity index (χ3v) is 5.70. The van der Waals surface area contributed by atoms with Gasteiger partial charge >= 0.3 is 0 Å². The molecule has 0 aliphatic carbocycles. The summed E-state index contributed by atoms with van der Waals surface area (Å²) in [6, 6.07) is 16.4. The van der Waals surface area contributed by atoms with Crippen LogP contribution in [0.3, 0.4) is 0 Å². The van der Waals surface area contributed by atoms with Crippen LogP contribution < -0.4 is 0 Å². The van der Waals surface area contributed by atoms with Crippen molar-refractivity contribution in [2.24, 2.45) is 5.92 Å². The van der Waals surface area contributed by atoms with Crippen LogP contribution in [0.25, 0.3) is 0 Å². The molecule has 2 atom stereocenters. The first-order valence-corrected chi connectivity index (χ1v) is 9.72. The number of carbonyl (C=O) groups is 1. The highest BCUT2D eigenvalue weighted by Crippen LogP contribution is 2.33. The Hall–Kier alpha value is -2.20. The number of aryl methyl sites for hydroxylation is 1. The number of pyridine rings is 1. The molecule has 0 unspecified atom stereocenters. The smallest absolute Gasteiger partial charge is 0.253 e. The first-order valence-electron chi connectivity index (χ1n) is 9.72. The molecule has 1 aromatic carbocycles. The van der Waals surface area contributed by atoms with Crippen molar-refractivity contribution in [3.05, 3.63) is 65.5 Å². The molecule has 2 aliphatic rings. The number of nitrogens with zero attached hydrogens (tertiary/aromatic N) is 3. The maximum atomic E-state index is 12.7. The Labute approximate surface area is 155 Å². The highest BCUT2D eigenvalue weighted by atomic mass is 16.2. The van der Waals surface area contributed by atoms with E-state index >= 15 is 0 Å². The molecule has 4 rings (SSSR count). The molecular formula is C22H27N3O. The van der Waals surface area contributed by atoms with Crippen LogP contribution in [0.4, 0.5) is 0 Å². The fourth-order valence-corrected chi connectivity index (χ4v) is 4.39. The molecule has 136 valence electrons. The van der Waals surface area contributed by atoms with Gasteiger partial charge in [-0.15, -0.1) is 0 Å². The van der Waals surface area contributed by atoms with Crippen molar-refractivity contribution in [2.75, 3.05) is 26.2 Å². The number of aromatic nitrogens is 1. The molecule has 2 fully saturated rings. The summed E-state index contributed by atoms with van der Waals surface area (Å²) in [6.45, 7) is 6.02. The van der Waals surface area contributed by atoms with Crippen molar-refractivity contribution in [3.63, 3.8) is 0 Å². The molecule has 26 heavy (non-hydrogen) atoms. The summed E-state index contributed by atoms with van der Waals surface area (Å²) in [5.41, 5.74) is 3.10. The van der Waals surface area contributed by atoms with Crippen LogP contribution in [0.2, 0.25) is 0 Å². The number of hydrogen-bond acceptors (Lipinski definition) is 3. The number of amides is 1. The molecule has 1 aromatic heterocycles. The zero-order chi connectivity index (χ0) is 17.9. The minimum atomic E-state index is 0.173. The summed E-state index contributed by atoms with van der Waals surface area (Å²) in [6.07, 6.45) is 3.53. The highest BCUT2D eigenvalue weighted by molar-refractivity contribution is 5.94. The SMILES string of the molecule is Cc1cccc([C@@H]2CCCN2C[C@@H]2CCN(C(=O)c3ccccc3)C2)n1. The lowest BCUT2D eigenvalue weighted by atomic mass is 10.1. The average molecular weight is 349 g/mol. The van der Waals surface area contributed by atoms with Gasteiger partial charge in [0.1, 0.15) is 0 Å². The van der Waals surface area contributed by atoms with Gasteiger partial charge in [0.2, 0.25) is 0 Å². The van der Waals surface area contributed by atoms with Crippen molar-refractivity contribution in [1.29, 1.82) is 0 Å². The molecule has 0 radical (unpaired) electrons. The maximum Gasteiger partial charge on any atom is 0.253 e. The van der Waals surface area contributed by atoms with Crippen LogP contribution in [0, 0.1) is 12.8 Å². The second kappa shape index (κ2) is 7.58. The Morgan fingerprint density at radius 2 is 1.92 bits per heavy atom. The van der Waals surface area contributed by atoms with Gasteiger partial charge in [-0.2, -0.15) is 0 Å². The number of likely N-dealkylation sites (tertiary alicyclic amines) is 2. The minimum absolute atomic E-state index is 0.173. The van der Waals surface area contributed by atoms with Gasteiger partial charge in [0.05, 0.1) is 11.7 Å². The number of benzene rings is 1. The van der Waals surface area contributed by atoms with E-state index in [2.05, 4.69) is 30.0 Å². The van der Waals surface area contributed by atoms with E-state index in [1.165, 1.54) is 18.5 Å². The predicted molar refractivity (Wildman–Crippen MR) is 103 cm³/mol. The van der Waals surface area contributed by atoms with Crippen LogP contribution in [-0.4, -0.2) is 46.9 Å². The first-order chi connectivity index (χ1) is 12.7. The van der Waals surface area contributed by atoms with Crippen molar-refractivity contribution < 1.29 is 4.79 Å². The lowest BCUT2D eigenvalue weighted by Crippen LogP contribution is -2.33. The zero-order valence-corrected chi connectivity index (χ0v) is 15.5. The second-order valence-electron chi connectivity index (χ2n) is 7.63. The van der Waals surface area contributed by atoms with Crippen LogP contribution in [-0.2, 0) is 0 Å². The van der Waals surface area contributed by atoms with Gasteiger partial charge in [-0.25, -0.2) is 0 Å². The van der Waals surface area contributed by atoms with Crippen LogP contribution >= 0.6 is 0 Å². The third-order valence-electron chi connectivity index (χ3n) is 5.70. The number of rotatable bonds is 4. The number of carbonyl (C=O) groups excluding carboxylic acids is 1. The molecule has 0 N–H and O–H groups in total. The maximum absolute atomic E-state index is 12.7. The third kappa shape index (κ3) is 3.65. The first kappa shape index (κ1) is 17.2. The van der Waals surface area contributed by atoms with Crippen molar-refractivity contribution in [1.82, 2.24) is 14.8 Å². The Kier molecular flexibility index (Phi) is 5.02. The van der Waals surface area contributed by atoms with E-state index in [0.717, 1.165) is 43.9 Å². The highest BCUT2D eigenvalue weighted by Gasteiger charge is 2.33. The van der Waals surface area contributed by atoms with E-state index in [4.69, 9.17) is 4.98 Å². The van der Waals surface area contributed by atoms with Gasteiger partial charge < -0.3 is 4.90 Å². The van der Waals surface area contributed by atoms with E-state index in [9.17, 15) is 4.79 Å². The van der Waals surface area contributed by atoms with Gasteiger partial charge in [-0.05, 0) is 62.9 Å². The molecule has 2 aliphatic heterocycles. The lowest BCUT2D eigenvalue weighted by molar-refractivity contribution is 0.0782. The molecule has 0 spiro atoms. The van der Waals surface area contributed by atoms with Crippen molar-refractivity contribution >= 4 is 5.91 Å². The molecule has 4 nitrogen and oxygen atoms in total. The van der Waals surface area contributed by atoms with Gasteiger partial charge in [0.15, 0.2) is 0 Å². The lowest BCUT2D eigenvalue weighted by Gasteiger charge is -2.27. The van der Waals surface area contributed by atoms with E-state index in [1.54, 1.807) is 0 Å². The molecule has 1 amide bonds. The summed E-state index contributed by atoms with van der Waals surface area (Å²) in [4.78, 5) is 22.0. The Morgan fingerprint density at radius 1 is 1.08 bits per heavy atom. The van der Waals surface area contributed by atoms with Gasteiger partial charge in [-0.1, -0.05) is 24.3 Å². The predicted octanol–water partition coefficient (Wildman–Crippen LogP) is 3.69. The fourth-order valence-electron chi connectivity index (χ4n) is 4.39. The standard InChI is InChI=1S/C22H27N3O/c1-17-7-5-10-20(23-17)21-11-6-13-24(21)15-18-12-14-25(16-18)22(26)19-8-3-2-4-9-19/h2-5,7-10,18,21H,6,11-16H2,1H3/t18-,21-/m0/s1. The summed E-state index contributed by atoms with van der Waals surface area (Å²) < 4.78 is 0. The molecule has 2 aromatic rings. The van der Waals surface area contributed by atoms with Gasteiger partial charge in [0, 0.05) is 30.9 Å². The Morgan fingerprint density at radius 3 is 2.73 bits per heavy atom. The van der Waals surface area contributed by atoms with Crippen molar-refractivity contribution in [2.45, 2.75) is 32.2 Å². The van der Waals surface area contributed by atoms with Crippen LogP contribution in [0.1, 0.15) is 47.1 Å². The van der Waals surface area contributed by atoms with Gasteiger partial charge in [0.25, 0.3) is 5.91 Å².